The van der Waals surface area contributed by atoms with Gasteiger partial charge in [0.05, 0.1) is 5.92 Å². The Kier molecular flexibility index (Phi) is 7.23. The fraction of sp³-hybridized carbons (Fsp3) is 0.292. The van der Waals surface area contributed by atoms with Crippen molar-refractivity contribution in [3.8, 4) is 0 Å². The smallest absolute Gasteiger partial charge is 0.286 e. The quantitative estimate of drug-likeness (QED) is 0.538. The highest BCUT2D eigenvalue weighted by atomic mass is 35.5. The van der Waals surface area contributed by atoms with E-state index < -0.39 is 5.91 Å². The summed E-state index contributed by atoms with van der Waals surface area (Å²) in [6, 6.07) is 12.6. The zero-order chi connectivity index (χ0) is 24.2. The summed E-state index contributed by atoms with van der Waals surface area (Å²) in [4.78, 5) is 40.0. The number of nitrogens with zero attached hydrogens (tertiary/aromatic N) is 3. The number of hydrogen-bond acceptors (Lipinski definition) is 6. The number of piperidine rings is 1. The van der Waals surface area contributed by atoms with Crippen LogP contribution in [0.15, 0.2) is 42.5 Å². The molecule has 2 heterocycles. The van der Waals surface area contributed by atoms with Crippen LogP contribution in [0.5, 0.6) is 0 Å². The van der Waals surface area contributed by atoms with Crippen LogP contribution in [0.3, 0.4) is 0 Å². The molecule has 0 aliphatic carbocycles. The zero-order valence-corrected chi connectivity index (χ0v) is 20.4. The zero-order valence-electron chi connectivity index (χ0n) is 18.8. The fourth-order valence-corrected chi connectivity index (χ4v) is 4.57. The number of aryl methyl sites for hydroxylation is 2. The Morgan fingerprint density at radius 2 is 1.76 bits per heavy atom. The van der Waals surface area contributed by atoms with E-state index in [1.54, 1.807) is 29.2 Å². The van der Waals surface area contributed by atoms with E-state index in [4.69, 9.17) is 11.6 Å². The van der Waals surface area contributed by atoms with Crippen LogP contribution in [0.2, 0.25) is 5.02 Å². The molecular weight excluding hydrogens is 474 g/mol. The molecule has 3 aromatic rings. The highest BCUT2D eigenvalue weighted by molar-refractivity contribution is 7.15. The van der Waals surface area contributed by atoms with Crippen LogP contribution >= 0.6 is 22.9 Å². The second kappa shape index (κ2) is 10.3. The first-order valence-electron chi connectivity index (χ1n) is 10.9. The van der Waals surface area contributed by atoms with E-state index in [0.29, 0.717) is 36.6 Å². The number of halogens is 1. The Bertz CT molecular complexity index is 1230. The summed E-state index contributed by atoms with van der Waals surface area (Å²) in [6.45, 7) is 4.74. The third kappa shape index (κ3) is 5.60. The van der Waals surface area contributed by atoms with E-state index >= 15 is 0 Å². The maximum Gasteiger partial charge on any atom is 0.286 e. The molecule has 176 valence electrons. The highest BCUT2D eigenvalue weighted by Crippen LogP contribution is 2.24. The summed E-state index contributed by atoms with van der Waals surface area (Å²) in [7, 11) is 0. The predicted octanol–water partition coefficient (Wildman–Crippen LogP) is 4.55. The Hall–Kier alpha value is -3.30. The van der Waals surface area contributed by atoms with E-state index in [-0.39, 0.29) is 27.7 Å². The van der Waals surface area contributed by atoms with Gasteiger partial charge < -0.3 is 15.5 Å². The number of rotatable bonds is 5. The van der Waals surface area contributed by atoms with Gasteiger partial charge in [0.15, 0.2) is 0 Å². The lowest BCUT2D eigenvalue weighted by Crippen LogP contribution is -2.43. The molecule has 2 N–H and O–H groups in total. The van der Waals surface area contributed by atoms with Gasteiger partial charge in [-0.2, -0.15) is 0 Å². The molecule has 0 unspecified atom stereocenters. The van der Waals surface area contributed by atoms with Crippen LogP contribution in [-0.4, -0.2) is 45.9 Å². The second-order valence-electron chi connectivity index (χ2n) is 8.27. The van der Waals surface area contributed by atoms with Crippen LogP contribution in [0.25, 0.3) is 0 Å². The van der Waals surface area contributed by atoms with Gasteiger partial charge in [-0.25, -0.2) is 0 Å². The number of hydrogen-bond donors (Lipinski definition) is 2. The minimum absolute atomic E-state index is 0.0829. The summed E-state index contributed by atoms with van der Waals surface area (Å²) in [5.74, 6) is -1.21. The largest absolute Gasteiger partial charge is 0.336 e. The van der Waals surface area contributed by atoms with Gasteiger partial charge in [0.1, 0.15) is 0 Å². The fourth-order valence-electron chi connectivity index (χ4n) is 3.74. The van der Waals surface area contributed by atoms with Crippen molar-refractivity contribution in [1.82, 2.24) is 15.1 Å². The van der Waals surface area contributed by atoms with E-state index in [1.165, 1.54) is 0 Å². The van der Waals surface area contributed by atoms with Gasteiger partial charge in [0, 0.05) is 29.5 Å². The SMILES string of the molecule is Cc1ccc(C)c(NC(=O)[C@@H]2CCCN(C(=O)c3nnc(C(=O)Nc4ccc(Cl)cc4)s3)C2)c1. The Morgan fingerprint density at radius 1 is 1.03 bits per heavy atom. The van der Waals surface area contributed by atoms with E-state index in [9.17, 15) is 14.4 Å². The van der Waals surface area contributed by atoms with E-state index in [2.05, 4.69) is 20.8 Å². The Labute approximate surface area is 206 Å². The number of likely N-dealkylation sites (tertiary alicyclic amines) is 1. The molecule has 1 aromatic heterocycles. The molecule has 1 fully saturated rings. The minimum atomic E-state index is -0.455. The molecule has 1 aliphatic heterocycles. The average molecular weight is 498 g/mol. The van der Waals surface area contributed by atoms with Crippen LogP contribution in [-0.2, 0) is 4.79 Å². The molecule has 4 rings (SSSR count). The number of carbonyl (C=O) groups is 3. The number of nitrogens with one attached hydrogen (secondary N) is 2. The minimum Gasteiger partial charge on any atom is -0.336 e. The molecule has 34 heavy (non-hydrogen) atoms. The molecule has 2 aromatic carbocycles. The van der Waals surface area contributed by atoms with Crippen molar-refractivity contribution >= 4 is 52.0 Å². The molecule has 1 atom stereocenters. The van der Waals surface area contributed by atoms with Crippen molar-refractivity contribution in [1.29, 1.82) is 0 Å². The summed E-state index contributed by atoms with van der Waals surface area (Å²) >= 11 is 6.79. The van der Waals surface area contributed by atoms with Gasteiger partial charge in [-0.3, -0.25) is 14.4 Å². The van der Waals surface area contributed by atoms with Crippen molar-refractivity contribution in [3.63, 3.8) is 0 Å². The number of aromatic nitrogens is 2. The lowest BCUT2D eigenvalue weighted by molar-refractivity contribution is -0.121. The highest BCUT2D eigenvalue weighted by Gasteiger charge is 2.31. The third-order valence-corrected chi connectivity index (χ3v) is 6.80. The third-order valence-electron chi connectivity index (χ3n) is 5.63. The number of carbonyl (C=O) groups excluding carboxylic acids is 3. The molecule has 0 radical (unpaired) electrons. The number of anilines is 2. The van der Waals surface area contributed by atoms with Gasteiger partial charge in [0.25, 0.3) is 11.8 Å². The summed E-state index contributed by atoms with van der Waals surface area (Å²) < 4.78 is 0. The molecule has 0 saturated carbocycles. The molecule has 1 aliphatic rings. The number of benzene rings is 2. The van der Waals surface area contributed by atoms with Gasteiger partial charge in [-0.1, -0.05) is 35.1 Å². The standard InChI is InChI=1S/C24H24ClN5O3S/c1-14-5-6-15(2)19(12-14)27-20(31)16-4-3-11-30(13-16)24(33)23-29-28-22(34-23)21(32)26-18-9-7-17(25)8-10-18/h5-10,12,16H,3-4,11,13H2,1-2H3,(H,26,32)(H,27,31)/t16-/m1/s1. The molecule has 0 bridgehead atoms. The maximum absolute atomic E-state index is 13.0. The van der Waals surface area contributed by atoms with E-state index in [0.717, 1.165) is 28.2 Å². The lowest BCUT2D eigenvalue weighted by atomic mass is 9.96. The Balaban J connectivity index is 1.38. The normalized spacial score (nSPS) is 15.6. The topological polar surface area (TPSA) is 104 Å². The molecule has 1 saturated heterocycles. The summed E-state index contributed by atoms with van der Waals surface area (Å²) in [6.07, 6.45) is 1.41. The van der Waals surface area contributed by atoms with Crippen molar-refractivity contribution in [3.05, 3.63) is 68.6 Å². The van der Waals surface area contributed by atoms with Gasteiger partial charge in [-0.15, -0.1) is 10.2 Å². The Morgan fingerprint density at radius 3 is 2.53 bits per heavy atom. The molecular formula is C24H24ClN5O3S. The van der Waals surface area contributed by atoms with Gasteiger partial charge in [-0.05, 0) is 68.1 Å². The van der Waals surface area contributed by atoms with Crippen molar-refractivity contribution in [2.24, 2.45) is 5.92 Å². The van der Waals surface area contributed by atoms with Crippen molar-refractivity contribution < 1.29 is 14.4 Å². The predicted molar refractivity (Wildman–Crippen MR) is 132 cm³/mol. The first-order chi connectivity index (χ1) is 16.3. The molecule has 3 amide bonds. The van der Waals surface area contributed by atoms with Crippen LogP contribution in [0, 0.1) is 19.8 Å². The van der Waals surface area contributed by atoms with Gasteiger partial charge in [0.2, 0.25) is 15.9 Å². The second-order valence-corrected chi connectivity index (χ2v) is 9.69. The monoisotopic (exact) mass is 497 g/mol. The van der Waals surface area contributed by atoms with Crippen LogP contribution in [0.4, 0.5) is 11.4 Å². The van der Waals surface area contributed by atoms with Crippen LogP contribution < -0.4 is 10.6 Å². The lowest BCUT2D eigenvalue weighted by Gasteiger charge is -2.31. The average Bonchev–Trinajstić information content (AvgIpc) is 3.33. The molecule has 10 heteroatoms. The van der Waals surface area contributed by atoms with Crippen LogP contribution in [0.1, 0.15) is 43.6 Å². The number of amides is 3. The maximum atomic E-state index is 13.0. The first kappa shape index (κ1) is 23.8. The van der Waals surface area contributed by atoms with Gasteiger partial charge >= 0.3 is 0 Å². The molecule has 0 spiro atoms. The van der Waals surface area contributed by atoms with E-state index in [1.807, 2.05) is 32.0 Å². The van der Waals surface area contributed by atoms with Crippen molar-refractivity contribution in [2.75, 3.05) is 23.7 Å². The van der Waals surface area contributed by atoms with Crippen molar-refractivity contribution in [2.45, 2.75) is 26.7 Å². The first-order valence-corrected chi connectivity index (χ1v) is 12.1. The molecule has 8 nitrogen and oxygen atoms in total. The summed E-state index contributed by atoms with van der Waals surface area (Å²) in [5, 5.41) is 14.3. The summed E-state index contributed by atoms with van der Waals surface area (Å²) in [5.41, 5.74) is 3.40.